The number of carbonyl (C=O) groups is 1. The van der Waals surface area contributed by atoms with Crippen LogP contribution in [0.5, 0.6) is 0 Å². The molecule has 0 aliphatic carbocycles. The molecule has 0 spiro atoms. The molecule has 0 N–H and O–H groups in total. The van der Waals surface area contributed by atoms with Gasteiger partial charge < -0.3 is 0 Å². The van der Waals surface area contributed by atoms with E-state index in [-0.39, 0.29) is 11.3 Å². The van der Waals surface area contributed by atoms with Crippen LogP contribution in [-0.4, -0.2) is 10.2 Å². The number of carbonyl (C=O) groups excluding carboxylic acids is 1. The van der Waals surface area contributed by atoms with Crippen LogP contribution >= 0.6 is 34.2 Å². The van der Waals surface area contributed by atoms with Crippen molar-refractivity contribution in [3.63, 3.8) is 0 Å². The molecule has 0 aromatic carbocycles. The van der Waals surface area contributed by atoms with Crippen molar-refractivity contribution in [3.8, 4) is 0 Å². The van der Waals surface area contributed by atoms with Gasteiger partial charge in [-0.25, -0.2) is 13.8 Å². The van der Waals surface area contributed by atoms with Crippen LogP contribution in [-0.2, 0) is 0 Å². The molecule has 2 nitrogen and oxygen atoms in total. The maximum atomic E-state index is 12.2. The zero-order valence-corrected chi connectivity index (χ0v) is 9.01. The van der Waals surface area contributed by atoms with Crippen molar-refractivity contribution in [1.29, 1.82) is 0 Å². The summed E-state index contributed by atoms with van der Waals surface area (Å²) in [6, 6.07) is 2.19. The second kappa shape index (κ2) is 4.28. The Bertz CT molecular complexity index is 345. The SMILES string of the molecule is O=C(Cl)c1cc(C(F)F)cc(I)n1. The lowest BCUT2D eigenvalue weighted by atomic mass is 10.2. The van der Waals surface area contributed by atoms with E-state index in [0.29, 0.717) is 3.70 Å². The predicted molar refractivity (Wildman–Crippen MR) is 52.1 cm³/mol. The molecule has 13 heavy (non-hydrogen) atoms. The summed E-state index contributed by atoms with van der Waals surface area (Å²) in [7, 11) is 0. The largest absolute Gasteiger partial charge is 0.274 e. The normalized spacial score (nSPS) is 10.5. The lowest BCUT2D eigenvalue weighted by molar-refractivity contribution is 0.107. The highest BCUT2D eigenvalue weighted by atomic mass is 127. The van der Waals surface area contributed by atoms with Crippen molar-refractivity contribution < 1.29 is 13.6 Å². The molecule has 1 aromatic heterocycles. The van der Waals surface area contributed by atoms with Gasteiger partial charge in [0, 0.05) is 5.56 Å². The molecule has 0 aliphatic heterocycles. The van der Waals surface area contributed by atoms with E-state index in [0.717, 1.165) is 6.07 Å². The third-order valence-electron chi connectivity index (χ3n) is 1.27. The first kappa shape index (κ1) is 10.8. The Morgan fingerprint density at radius 3 is 2.62 bits per heavy atom. The molecule has 0 radical (unpaired) electrons. The van der Waals surface area contributed by atoms with Crippen molar-refractivity contribution in [2.24, 2.45) is 0 Å². The topological polar surface area (TPSA) is 30.0 Å². The van der Waals surface area contributed by atoms with Gasteiger partial charge in [0.2, 0.25) is 0 Å². The highest BCUT2D eigenvalue weighted by Crippen LogP contribution is 2.21. The van der Waals surface area contributed by atoms with Crippen molar-refractivity contribution >= 4 is 39.4 Å². The monoisotopic (exact) mass is 317 g/mol. The summed E-state index contributed by atoms with van der Waals surface area (Å²) in [6.07, 6.45) is -2.62. The van der Waals surface area contributed by atoms with Crippen molar-refractivity contribution in [1.82, 2.24) is 4.98 Å². The predicted octanol–water partition coefficient (Wildman–Crippen LogP) is 3.00. The summed E-state index contributed by atoms with van der Waals surface area (Å²) in [5.74, 6) is 0. The minimum absolute atomic E-state index is 0.149. The third-order valence-corrected chi connectivity index (χ3v) is 2.02. The summed E-state index contributed by atoms with van der Waals surface area (Å²) in [5.41, 5.74) is -0.396. The summed E-state index contributed by atoms with van der Waals surface area (Å²) >= 11 is 6.84. The average Bonchev–Trinajstić information content (AvgIpc) is 2.03. The first-order valence-corrected chi connectivity index (χ1v) is 4.62. The second-order valence-electron chi connectivity index (χ2n) is 2.18. The smallest absolute Gasteiger partial charge is 0.270 e. The number of hydrogen-bond acceptors (Lipinski definition) is 2. The number of alkyl halides is 2. The minimum Gasteiger partial charge on any atom is -0.274 e. The number of pyridine rings is 1. The van der Waals surface area contributed by atoms with E-state index in [2.05, 4.69) is 4.98 Å². The van der Waals surface area contributed by atoms with Crippen LogP contribution in [0.25, 0.3) is 0 Å². The Labute approximate surface area is 91.4 Å². The Balaban J connectivity index is 3.19. The average molecular weight is 317 g/mol. The van der Waals surface area contributed by atoms with Gasteiger partial charge in [-0.2, -0.15) is 0 Å². The van der Waals surface area contributed by atoms with Crippen LogP contribution in [0, 0.1) is 3.70 Å². The standard InChI is InChI=1S/C7H3ClF2INO/c8-6(13)4-1-3(7(9)10)2-5(11)12-4/h1-2,7H. The number of hydrogen-bond donors (Lipinski definition) is 0. The molecule has 0 atom stereocenters. The molecule has 70 valence electrons. The number of rotatable bonds is 2. The molecule has 0 saturated carbocycles. The minimum atomic E-state index is -2.62. The van der Waals surface area contributed by atoms with Crippen molar-refractivity contribution in [2.45, 2.75) is 6.43 Å². The fourth-order valence-corrected chi connectivity index (χ4v) is 1.46. The molecule has 1 heterocycles. The molecular weight excluding hydrogens is 314 g/mol. The van der Waals surface area contributed by atoms with Gasteiger partial charge >= 0.3 is 0 Å². The van der Waals surface area contributed by atoms with E-state index in [1.807, 2.05) is 0 Å². The highest BCUT2D eigenvalue weighted by Gasteiger charge is 2.12. The first-order chi connectivity index (χ1) is 6.00. The summed E-state index contributed by atoms with van der Waals surface area (Å²) in [5, 5.41) is -0.833. The van der Waals surface area contributed by atoms with Gasteiger partial charge in [0.05, 0.1) is 0 Å². The maximum Gasteiger partial charge on any atom is 0.270 e. The second-order valence-corrected chi connectivity index (χ2v) is 3.63. The summed E-state index contributed by atoms with van der Waals surface area (Å²) in [6.45, 7) is 0. The molecule has 0 fully saturated rings. The van der Waals surface area contributed by atoms with Crippen LogP contribution in [0.4, 0.5) is 8.78 Å². The third kappa shape index (κ3) is 2.84. The summed E-state index contributed by atoms with van der Waals surface area (Å²) in [4.78, 5) is 14.3. The lowest BCUT2D eigenvalue weighted by Gasteiger charge is -2.01. The molecule has 0 unspecified atom stereocenters. The van der Waals surface area contributed by atoms with Gasteiger partial charge in [-0.15, -0.1) is 0 Å². The molecule has 1 rings (SSSR count). The van der Waals surface area contributed by atoms with Gasteiger partial charge in [-0.3, -0.25) is 4.79 Å². The Morgan fingerprint density at radius 1 is 1.54 bits per heavy atom. The molecule has 1 aromatic rings. The van der Waals surface area contributed by atoms with E-state index >= 15 is 0 Å². The van der Waals surface area contributed by atoms with E-state index < -0.39 is 11.7 Å². The number of aromatic nitrogens is 1. The van der Waals surface area contributed by atoms with Gasteiger partial charge in [0.15, 0.2) is 0 Å². The van der Waals surface area contributed by atoms with Crippen LogP contribution in [0.15, 0.2) is 12.1 Å². The van der Waals surface area contributed by atoms with E-state index in [4.69, 9.17) is 11.6 Å². The maximum absolute atomic E-state index is 12.2. The van der Waals surface area contributed by atoms with Crippen LogP contribution in [0.3, 0.4) is 0 Å². The quantitative estimate of drug-likeness (QED) is 0.477. The van der Waals surface area contributed by atoms with E-state index in [1.165, 1.54) is 6.07 Å². The number of nitrogens with zero attached hydrogens (tertiary/aromatic N) is 1. The van der Waals surface area contributed by atoms with Gasteiger partial charge in [-0.05, 0) is 46.3 Å². The summed E-state index contributed by atoms with van der Waals surface area (Å²) < 4.78 is 24.7. The molecule has 6 heteroatoms. The lowest BCUT2D eigenvalue weighted by Crippen LogP contribution is -1.99. The zero-order chi connectivity index (χ0) is 10.0. The van der Waals surface area contributed by atoms with Crippen LogP contribution in [0.2, 0.25) is 0 Å². The highest BCUT2D eigenvalue weighted by molar-refractivity contribution is 14.1. The fourth-order valence-electron chi connectivity index (χ4n) is 0.743. The molecular formula is C7H3ClF2INO. The van der Waals surface area contributed by atoms with Crippen LogP contribution < -0.4 is 0 Å². The van der Waals surface area contributed by atoms with Gasteiger partial charge in [0.25, 0.3) is 11.7 Å². The van der Waals surface area contributed by atoms with Gasteiger partial charge in [-0.1, -0.05) is 0 Å². The Morgan fingerprint density at radius 2 is 2.15 bits per heavy atom. The fraction of sp³-hybridized carbons (Fsp3) is 0.143. The van der Waals surface area contributed by atoms with Gasteiger partial charge in [0.1, 0.15) is 9.39 Å². The molecule has 0 saturated heterocycles. The Hall–Kier alpha value is -0.300. The van der Waals surface area contributed by atoms with Crippen LogP contribution in [0.1, 0.15) is 22.5 Å². The zero-order valence-electron chi connectivity index (χ0n) is 6.10. The first-order valence-electron chi connectivity index (χ1n) is 3.16. The van der Waals surface area contributed by atoms with E-state index in [9.17, 15) is 13.6 Å². The van der Waals surface area contributed by atoms with Crippen molar-refractivity contribution in [2.75, 3.05) is 0 Å². The molecule has 0 amide bonds. The Kier molecular flexibility index (Phi) is 3.55. The van der Waals surface area contributed by atoms with Crippen molar-refractivity contribution in [3.05, 3.63) is 27.1 Å². The molecule has 0 bridgehead atoms. The number of halogens is 4. The van der Waals surface area contributed by atoms with E-state index in [1.54, 1.807) is 22.6 Å². The molecule has 0 aliphatic rings.